The zero-order chi connectivity index (χ0) is 23.8. The zero-order valence-corrected chi connectivity index (χ0v) is 20.1. The van der Waals surface area contributed by atoms with Crippen molar-refractivity contribution in [3.63, 3.8) is 0 Å². The van der Waals surface area contributed by atoms with Crippen molar-refractivity contribution in [1.29, 1.82) is 0 Å². The highest BCUT2D eigenvalue weighted by Gasteiger charge is 2.16. The smallest absolute Gasteiger partial charge is 0.155 e. The molecule has 0 spiro atoms. The predicted molar refractivity (Wildman–Crippen MR) is 140 cm³/mol. The second kappa shape index (κ2) is 8.94. The molecular formula is C26H23N7OS. The van der Waals surface area contributed by atoms with Gasteiger partial charge in [0.2, 0.25) is 0 Å². The van der Waals surface area contributed by atoms with Crippen molar-refractivity contribution < 1.29 is 4.74 Å². The zero-order valence-electron chi connectivity index (χ0n) is 19.3. The molecule has 0 aromatic carbocycles. The molecule has 8 nitrogen and oxygen atoms in total. The van der Waals surface area contributed by atoms with E-state index in [9.17, 15) is 0 Å². The molecule has 0 bridgehead atoms. The van der Waals surface area contributed by atoms with Crippen LogP contribution in [0.2, 0.25) is 0 Å². The first-order chi connectivity index (χ1) is 17.2. The van der Waals surface area contributed by atoms with Gasteiger partial charge in [-0.2, -0.15) is 16.4 Å². The summed E-state index contributed by atoms with van der Waals surface area (Å²) in [5.41, 5.74) is 7.45. The summed E-state index contributed by atoms with van der Waals surface area (Å²) in [4.78, 5) is 19.0. The molecule has 0 aliphatic carbocycles. The highest BCUT2D eigenvalue weighted by atomic mass is 32.1. The van der Waals surface area contributed by atoms with E-state index in [0.717, 1.165) is 62.4 Å². The van der Waals surface area contributed by atoms with Crippen LogP contribution in [-0.2, 0) is 0 Å². The fourth-order valence-electron chi connectivity index (χ4n) is 4.09. The normalized spacial score (nSPS) is 11.6. The van der Waals surface area contributed by atoms with Crippen molar-refractivity contribution in [3.05, 3.63) is 65.9 Å². The number of thiophene rings is 1. The summed E-state index contributed by atoms with van der Waals surface area (Å²) in [5.74, 6) is 0.736. The molecule has 174 valence electrons. The molecule has 0 radical (unpaired) electrons. The lowest BCUT2D eigenvalue weighted by Crippen LogP contribution is -2.19. The molecule has 0 amide bonds. The maximum Gasteiger partial charge on any atom is 0.155 e. The first kappa shape index (κ1) is 21.5. The van der Waals surface area contributed by atoms with Crippen LogP contribution in [0.3, 0.4) is 0 Å². The van der Waals surface area contributed by atoms with Crippen LogP contribution >= 0.6 is 11.3 Å². The average Bonchev–Trinajstić information content (AvgIpc) is 3.62. The largest absolute Gasteiger partial charge is 0.491 e. The quantitative estimate of drug-likeness (QED) is 0.324. The Morgan fingerprint density at radius 2 is 1.86 bits per heavy atom. The molecular weight excluding hydrogens is 458 g/mol. The molecule has 0 unspecified atom stereocenters. The Morgan fingerprint density at radius 1 is 0.943 bits per heavy atom. The van der Waals surface area contributed by atoms with Crippen LogP contribution in [0.4, 0.5) is 0 Å². The van der Waals surface area contributed by atoms with Gasteiger partial charge in [0.25, 0.3) is 0 Å². The molecule has 6 heterocycles. The van der Waals surface area contributed by atoms with Gasteiger partial charge < -0.3 is 14.6 Å². The molecule has 0 aliphatic heterocycles. The number of nitrogens with one attached hydrogen (secondary N) is 2. The third-order valence-corrected chi connectivity index (χ3v) is 6.57. The number of nitrogens with zero attached hydrogens (tertiary/aromatic N) is 5. The number of aromatic amines is 2. The monoisotopic (exact) mass is 481 g/mol. The summed E-state index contributed by atoms with van der Waals surface area (Å²) >= 11 is 1.68. The summed E-state index contributed by atoms with van der Waals surface area (Å²) in [7, 11) is 4.04. The summed E-state index contributed by atoms with van der Waals surface area (Å²) in [6.45, 7) is 1.44. The molecule has 0 saturated heterocycles. The number of likely N-dealkylation sites (N-methyl/N-ethyl adjacent to an activating group) is 1. The minimum absolute atomic E-state index is 0.600. The molecule has 35 heavy (non-hydrogen) atoms. The Labute approximate surface area is 205 Å². The van der Waals surface area contributed by atoms with Crippen molar-refractivity contribution >= 4 is 33.4 Å². The van der Waals surface area contributed by atoms with Gasteiger partial charge in [0, 0.05) is 47.0 Å². The highest BCUT2D eigenvalue weighted by Crippen LogP contribution is 2.34. The van der Waals surface area contributed by atoms with E-state index in [4.69, 9.17) is 4.74 Å². The van der Waals surface area contributed by atoms with E-state index in [1.54, 1.807) is 17.5 Å². The second-order valence-corrected chi connectivity index (χ2v) is 9.35. The van der Waals surface area contributed by atoms with Gasteiger partial charge in [-0.1, -0.05) is 0 Å². The van der Waals surface area contributed by atoms with E-state index >= 15 is 0 Å². The first-order valence-corrected chi connectivity index (χ1v) is 12.2. The van der Waals surface area contributed by atoms with Crippen molar-refractivity contribution in [3.8, 4) is 39.4 Å². The van der Waals surface area contributed by atoms with Crippen molar-refractivity contribution in [2.45, 2.75) is 0 Å². The van der Waals surface area contributed by atoms with Crippen LogP contribution in [0.1, 0.15) is 0 Å². The summed E-state index contributed by atoms with van der Waals surface area (Å²) in [5, 5.41) is 13.8. The van der Waals surface area contributed by atoms with E-state index in [2.05, 4.69) is 64.0 Å². The van der Waals surface area contributed by atoms with Crippen molar-refractivity contribution in [2.75, 3.05) is 27.2 Å². The highest BCUT2D eigenvalue weighted by molar-refractivity contribution is 7.08. The van der Waals surface area contributed by atoms with Crippen molar-refractivity contribution in [2.24, 2.45) is 0 Å². The molecule has 2 N–H and O–H groups in total. The molecule has 0 saturated carbocycles. The van der Waals surface area contributed by atoms with Crippen LogP contribution in [0.25, 0.3) is 55.7 Å². The van der Waals surface area contributed by atoms with Gasteiger partial charge in [-0.15, -0.1) is 0 Å². The van der Waals surface area contributed by atoms with E-state index < -0.39 is 0 Å². The molecule has 0 atom stereocenters. The van der Waals surface area contributed by atoms with Crippen molar-refractivity contribution in [1.82, 2.24) is 35.0 Å². The first-order valence-electron chi connectivity index (χ1n) is 11.2. The lowest BCUT2D eigenvalue weighted by Gasteiger charge is -2.11. The fourth-order valence-corrected chi connectivity index (χ4v) is 4.75. The van der Waals surface area contributed by atoms with Gasteiger partial charge in [-0.3, -0.25) is 10.1 Å². The van der Waals surface area contributed by atoms with Crippen LogP contribution in [0.15, 0.2) is 65.9 Å². The number of hydrogen-bond donors (Lipinski definition) is 2. The Hall–Kier alpha value is -4.08. The number of pyridine rings is 3. The van der Waals surface area contributed by atoms with E-state index in [1.165, 1.54) is 5.56 Å². The molecule has 6 aromatic heterocycles. The van der Waals surface area contributed by atoms with E-state index in [1.807, 2.05) is 44.8 Å². The lowest BCUT2D eigenvalue weighted by molar-refractivity contribution is 0.261. The number of fused-ring (bicyclic) bond motifs is 2. The van der Waals surface area contributed by atoms with E-state index in [-0.39, 0.29) is 0 Å². The molecule has 6 rings (SSSR count). The summed E-state index contributed by atoms with van der Waals surface area (Å²) in [6, 6.07) is 10.4. The van der Waals surface area contributed by atoms with Gasteiger partial charge in [-0.25, -0.2) is 9.97 Å². The minimum atomic E-state index is 0.600. The Bertz CT molecular complexity index is 1620. The summed E-state index contributed by atoms with van der Waals surface area (Å²) < 4.78 is 5.87. The molecule has 6 aromatic rings. The lowest BCUT2D eigenvalue weighted by atomic mass is 10.1. The van der Waals surface area contributed by atoms with Crippen LogP contribution in [0.5, 0.6) is 5.75 Å². The number of ether oxygens (including phenoxy) is 1. The van der Waals surface area contributed by atoms with E-state index in [0.29, 0.717) is 6.61 Å². The third-order valence-electron chi connectivity index (χ3n) is 5.89. The van der Waals surface area contributed by atoms with Gasteiger partial charge in [-0.05, 0) is 66.3 Å². The Morgan fingerprint density at radius 3 is 2.71 bits per heavy atom. The topological polar surface area (TPSA) is 95.6 Å². The average molecular weight is 482 g/mol. The molecule has 0 fully saturated rings. The van der Waals surface area contributed by atoms with Crippen LogP contribution in [0, 0.1) is 0 Å². The number of aromatic nitrogens is 6. The standard InChI is InChI=1S/C26H23N7OS/c1-33(2)6-7-34-19-9-17(12-27-14-19)18-10-22-24(31-32-26(22)29-13-18)23-11-21-20(16-4-8-35-15-16)3-5-28-25(21)30-23/h3-5,8-15H,6-7H2,1-2H3,(H,28,30)(H,29,31,32). The molecule has 9 heteroatoms. The maximum atomic E-state index is 5.87. The summed E-state index contributed by atoms with van der Waals surface area (Å²) in [6.07, 6.45) is 7.21. The fraction of sp³-hybridized carbons (Fsp3) is 0.154. The maximum absolute atomic E-state index is 5.87. The number of H-pyrrole nitrogens is 2. The predicted octanol–water partition coefficient (Wildman–Crippen LogP) is 5.23. The van der Waals surface area contributed by atoms with Gasteiger partial charge in [0.1, 0.15) is 23.7 Å². The van der Waals surface area contributed by atoms with Gasteiger partial charge in [0.05, 0.1) is 11.9 Å². The number of rotatable bonds is 7. The van der Waals surface area contributed by atoms with Crippen LogP contribution in [-0.4, -0.2) is 62.3 Å². The SMILES string of the molecule is CN(C)CCOc1cncc(-c2cnc3[nH]nc(-c4cc5c(-c6ccsc6)ccnc5[nH]4)c3c2)c1. The Kier molecular flexibility index (Phi) is 5.48. The van der Waals surface area contributed by atoms with Crippen LogP contribution < -0.4 is 4.74 Å². The molecule has 0 aliphatic rings. The van der Waals surface area contributed by atoms with Gasteiger partial charge >= 0.3 is 0 Å². The van der Waals surface area contributed by atoms with Gasteiger partial charge in [0.15, 0.2) is 5.65 Å². The third kappa shape index (κ3) is 4.16. The Balaban J connectivity index is 1.38. The minimum Gasteiger partial charge on any atom is -0.491 e. The second-order valence-electron chi connectivity index (χ2n) is 8.57. The number of hydrogen-bond acceptors (Lipinski definition) is 7.